The summed E-state index contributed by atoms with van der Waals surface area (Å²) in [6.45, 7) is 7.63. The quantitative estimate of drug-likeness (QED) is 0.0205. The Labute approximate surface area is 364 Å². The average molecular weight is 1020 g/mol. The third kappa shape index (κ3) is 15.8. The molecule has 62 heavy (non-hydrogen) atoms. The van der Waals surface area contributed by atoms with Gasteiger partial charge < -0.3 is 5.11 Å². The lowest BCUT2D eigenvalue weighted by molar-refractivity contribution is -0.137. The third-order valence-corrected chi connectivity index (χ3v) is 9.84. The van der Waals surface area contributed by atoms with Gasteiger partial charge in [-0.1, -0.05) is 80.5 Å². The molecule has 2 saturated carbocycles. The Kier molecular flexibility index (Phi) is 16.4. The first-order valence-electron chi connectivity index (χ1n) is 17.5. The predicted molar refractivity (Wildman–Crippen MR) is 225 cm³/mol. The van der Waals surface area contributed by atoms with E-state index in [1.165, 1.54) is 17.2 Å². The normalized spacial score (nSPS) is 15.7. The highest BCUT2D eigenvalue weighted by Crippen LogP contribution is 3.02. The highest BCUT2D eigenvalue weighted by atomic mass is 127. The molecule has 0 unspecified atom stereocenters. The molecule has 6 N–H and O–H groups in total. The largest absolute Gasteiger partial charge is 0.478 e. The van der Waals surface area contributed by atoms with Gasteiger partial charge in [-0.25, -0.2) is 30.0 Å². The van der Waals surface area contributed by atoms with Gasteiger partial charge in [0.2, 0.25) is 11.8 Å². The zero-order chi connectivity index (χ0) is 46.3. The predicted octanol–water partition coefficient (Wildman–Crippen LogP) is 8.62. The van der Waals surface area contributed by atoms with Crippen molar-refractivity contribution in [2.75, 3.05) is 4.93 Å². The first kappa shape index (κ1) is 52.7. The van der Waals surface area contributed by atoms with Crippen LogP contribution < -0.4 is 22.1 Å². The van der Waals surface area contributed by atoms with E-state index in [2.05, 4.69) is 65.1 Å². The average Bonchev–Trinajstić information content (AvgIpc) is 3.97. The Bertz CT molecular complexity index is 2310. The fourth-order valence-electron chi connectivity index (χ4n) is 4.77. The Balaban J connectivity index is 0.000000379. The Morgan fingerprint density at radius 1 is 0.758 bits per heavy atom. The molecule has 0 radical (unpaired) electrons. The van der Waals surface area contributed by atoms with E-state index >= 15 is 0 Å². The molecule has 2 aromatic heterocycles. The number of rotatable bonds is 9. The van der Waals surface area contributed by atoms with Gasteiger partial charge in [0.05, 0.1) is 5.56 Å². The minimum atomic E-state index is -10.4. The number of hydrogen-bond donors (Lipinski definition) is 5. The number of nitrogens with two attached hydrogens (primary N) is 1. The molecule has 0 saturated heterocycles. The highest BCUT2D eigenvalue weighted by Gasteiger charge is 2.66. The number of hydrazine groups is 2. The number of hydrogen-bond acceptors (Lipinski definition) is 9. The van der Waals surface area contributed by atoms with Crippen molar-refractivity contribution in [3.8, 4) is 22.8 Å². The molecule has 342 valence electrons. The van der Waals surface area contributed by atoms with Gasteiger partial charge in [-0.15, -0.1) is 10.2 Å². The molecule has 0 atom stereocenters. The van der Waals surface area contributed by atoms with Crippen LogP contribution in [0.1, 0.15) is 63.6 Å². The molecule has 0 aliphatic heterocycles. The van der Waals surface area contributed by atoms with Crippen LogP contribution >= 0.6 is 32.8 Å². The summed E-state index contributed by atoms with van der Waals surface area (Å²) in [5, 5.41) is 16.3. The zero-order valence-corrected chi connectivity index (χ0v) is 35.9. The Morgan fingerprint density at radius 3 is 1.61 bits per heavy atom. The minimum absolute atomic E-state index is 0. The third-order valence-electron chi connectivity index (χ3n) is 8.71. The van der Waals surface area contributed by atoms with E-state index in [0.29, 0.717) is 18.7 Å². The lowest BCUT2D eigenvalue weighted by Gasteiger charge is -2.40. The van der Waals surface area contributed by atoms with Gasteiger partial charge in [0.25, 0.3) is 5.91 Å². The fourth-order valence-corrected chi connectivity index (χ4v) is 5.47. The number of aromatic nitrogens is 6. The number of amides is 3. The van der Waals surface area contributed by atoms with Crippen LogP contribution in [0.3, 0.4) is 0 Å². The van der Waals surface area contributed by atoms with Crippen LogP contribution in [-0.2, 0) is 25.4 Å². The Morgan fingerprint density at radius 2 is 1.21 bits per heavy atom. The number of benzene rings is 2. The van der Waals surface area contributed by atoms with Crippen LogP contribution in [0.15, 0.2) is 66.1 Å². The number of aliphatic carboxylic acids is 1. The van der Waals surface area contributed by atoms with E-state index in [9.17, 15) is 51.8 Å². The maximum atomic E-state index is 13.1. The summed E-state index contributed by atoms with van der Waals surface area (Å²) in [5.41, 5.74) is 6.00. The number of carboxylic acid groups (broad SMARTS) is 1. The van der Waals surface area contributed by atoms with Crippen molar-refractivity contribution in [3.05, 3.63) is 77.9 Å². The SMILES string of the molecule is C.CC1(C(=O)NN)CC1.CC1(C(=O)NNC(=O)/C=C\n2cnc(-c3cc(C(F)(F)F)cc(S(F)(F)(F)(F)F)c3)n2)CC1.CI.Cc1cc(C)cc(-c2ncn(/C=C\C(=O)O)n2)c1. The van der Waals surface area contributed by atoms with E-state index in [1.807, 2.05) is 37.8 Å². The molecule has 4 aromatic rings. The van der Waals surface area contributed by atoms with Crippen LogP contribution in [0.2, 0.25) is 0 Å². The number of alkyl halides is 4. The summed E-state index contributed by atoms with van der Waals surface area (Å²) in [6, 6.07) is 5.40. The molecule has 2 aliphatic rings. The van der Waals surface area contributed by atoms with E-state index in [4.69, 9.17) is 10.9 Å². The van der Waals surface area contributed by atoms with E-state index in [1.54, 1.807) is 6.92 Å². The second kappa shape index (κ2) is 19.3. The van der Waals surface area contributed by atoms with Crippen molar-refractivity contribution in [3.63, 3.8) is 0 Å². The molecule has 6 rings (SSSR count). The molecule has 15 nitrogen and oxygen atoms in total. The smallest absolute Gasteiger partial charge is 0.416 e. The van der Waals surface area contributed by atoms with E-state index < -0.39 is 67.5 Å². The van der Waals surface area contributed by atoms with Gasteiger partial charge in [-0.05, 0) is 74.8 Å². The summed E-state index contributed by atoms with van der Waals surface area (Å²) in [7, 11) is -10.4. The lowest BCUT2D eigenvalue weighted by Crippen LogP contribution is -2.44. The topological polar surface area (TPSA) is 212 Å². The van der Waals surface area contributed by atoms with Crippen LogP contribution in [0.5, 0.6) is 0 Å². The number of carbonyl (C=O) groups is 4. The number of carbonyl (C=O) groups excluding carboxylic acids is 3. The van der Waals surface area contributed by atoms with Crippen LogP contribution in [-0.4, -0.2) is 63.3 Å². The highest BCUT2D eigenvalue weighted by molar-refractivity contribution is 14.1. The maximum absolute atomic E-state index is 13.1. The molecular formula is C37H45F8IN10O5S. The van der Waals surface area contributed by atoms with Gasteiger partial charge in [-0.2, -0.15) is 13.2 Å². The van der Waals surface area contributed by atoms with Crippen molar-refractivity contribution in [2.24, 2.45) is 16.7 Å². The number of nitrogens with one attached hydrogen (secondary N) is 3. The Hall–Kier alpha value is -5.44. The molecule has 2 aromatic carbocycles. The summed E-state index contributed by atoms with van der Waals surface area (Å²) in [4.78, 5) is 51.4. The second-order valence-corrected chi connectivity index (χ2v) is 16.6. The van der Waals surface area contributed by atoms with Gasteiger partial charge in [0.15, 0.2) is 11.6 Å². The molecule has 2 aliphatic carbocycles. The molecule has 0 spiro atoms. The summed E-state index contributed by atoms with van der Waals surface area (Å²) in [6.07, 6.45) is 4.35. The van der Waals surface area contributed by atoms with Crippen LogP contribution in [0, 0.1) is 24.7 Å². The fraction of sp³-hybridized carbons (Fsp3) is 0.351. The van der Waals surface area contributed by atoms with E-state index in [-0.39, 0.29) is 30.9 Å². The molecule has 3 amide bonds. The number of halogens is 9. The summed E-state index contributed by atoms with van der Waals surface area (Å²) in [5.74, 6) is 2.47. The van der Waals surface area contributed by atoms with Gasteiger partial charge in [0, 0.05) is 46.5 Å². The van der Waals surface area contributed by atoms with Gasteiger partial charge >= 0.3 is 22.4 Å². The second-order valence-electron chi connectivity index (χ2n) is 14.2. The van der Waals surface area contributed by atoms with Crippen molar-refractivity contribution in [1.29, 1.82) is 0 Å². The maximum Gasteiger partial charge on any atom is 0.416 e. The summed E-state index contributed by atoms with van der Waals surface area (Å²) >= 11 is 2.15. The van der Waals surface area contributed by atoms with Crippen LogP contribution in [0.4, 0.5) is 32.6 Å². The standard InChI is InChI=1S/C17H15F8N5O2S.C13H13N3O2.C5H10N2O.CH3I.CH4/c1-16(3-4-16)15(32)28-27-13(31)2-5-30-9-26-14(29-30)10-6-11(17(18,19)20)8-12(7-10)33(21,22,23,24)25;1-9-5-10(2)7-11(6-9)13-14-8-16(15-13)4-3-12(17)18;1-5(2-3-5)4(8)7-6;1-2;/h2,5-9H,3-4H2,1H3,(H,27,31)(H,28,32);3-8H,1-2H3,(H,17,18);2-3,6H2,1H3,(H,7,8);1H3;1H4/b5-2-;4-3-;;;. The molecule has 0 bridgehead atoms. The first-order chi connectivity index (χ1) is 28.0. The first-order valence-corrected chi connectivity index (χ1v) is 21.6. The number of carboxylic acids is 1. The number of aryl methyl sites for hydroxylation is 2. The molecule has 25 heteroatoms. The minimum Gasteiger partial charge on any atom is -0.478 e. The van der Waals surface area contributed by atoms with Crippen molar-refractivity contribution < 1.29 is 56.9 Å². The van der Waals surface area contributed by atoms with E-state index in [0.717, 1.165) is 58.9 Å². The summed E-state index contributed by atoms with van der Waals surface area (Å²) < 4.78 is 107. The molecule has 2 fully saturated rings. The lowest BCUT2D eigenvalue weighted by atomic mass is 10.1. The van der Waals surface area contributed by atoms with Crippen molar-refractivity contribution >= 4 is 68.9 Å². The van der Waals surface area contributed by atoms with Gasteiger partial charge in [-0.3, -0.25) is 30.7 Å². The van der Waals surface area contributed by atoms with Gasteiger partial charge in [0.1, 0.15) is 17.6 Å². The van der Waals surface area contributed by atoms with Crippen molar-refractivity contribution in [1.82, 2.24) is 45.8 Å². The molecule has 2 heterocycles. The van der Waals surface area contributed by atoms with Crippen molar-refractivity contribution in [2.45, 2.75) is 71.9 Å². The monoisotopic (exact) mass is 1020 g/mol. The molecular weight excluding hydrogens is 975 g/mol. The van der Waals surface area contributed by atoms with Crippen LogP contribution in [0.25, 0.3) is 35.2 Å². The number of nitrogens with zero attached hydrogens (tertiary/aromatic N) is 6. The zero-order valence-electron chi connectivity index (χ0n) is 32.9.